The molecule has 2 unspecified atom stereocenters. The van der Waals surface area contributed by atoms with Gasteiger partial charge in [-0.05, 0) is 37.9 Å². The zero-order chi connectivity index (χ0) is 13.5. The average Bonchev–Trinajstić information content (AvgIpc) is 2.36. The van der Waals surface area contributed by atoms with E-state index in [0.717, 1.165) is 18.4 Å². The van der Waals surface area contributed by atoms with Crippen LogP contribution in [0.15, 0.2) is 24.3 Å². The first-order chi connectivity index (χ1) is 8.58. The Bertz CT molecular complexity index is 373. The van der Waals surface area contributed by atoms with E-state index in [1.54, 1.807) is 0 Å². The number of likely N-dealkylation sites (N-methyl/N-ethyl adjacent to an activating group) is 1. The molecule has 18 heavy (non-hydrogen) atoms. The van der Waals surface area contributed by atoms with Gasteiger partial charge in [-0.1, -0.05) is 37.6 Å². The molecule has 0 heterocycles. The smallest absolute Gasteiger partial charge is 0.310 e. The summed E-state index contributed by atoms with van der Waals surface area (Å²) in [6.07, 6.45) is 2.54. The minimum atomic E-state index is -0.729. The number of carbonyl (C=O) groups is 1. The van der Waals surface area contributed by atoms with Crippen LogP contribution in [0.2, 0.25) is 0 Å². The van der Waals surface area contributed by atoms with Gasteiger partial charge in [0.2, 0.25) is 0 Å². The van der Waals surface area contributed by atoms with Crippen molar-refractivity contribution < 1.29 is 9.90 Å². The van der Waals surface area contributed by atoms with Crippen molar-refractivity contribution in [1.29, 1.82) is 0 Å². The molecule has 3 heteroatoms. The van der Waals surface area contributed by atoms with E-state index in [1.807, 2.05) is 38.2 Å². The molecule has 0 aliphatic carbocycles. The maximum Gasteiger partial charge on any atom is 0.310 e. The number of aliphatic carboxylic acids is 1. The van der Waals surface area contributed by atoms with Gasteiger partial charge in [-0.2, -0.15) is 0 Å². The highest BCUT2D eigenvalue weighted by Gasteiger charge is 2.18. The van der Waals surface area contributed by atoms with Crippen LogP contribution in [0.5, 0.6) is 0 Å². The summed E-state index contributed by atoms with van der Waals surface area (Å²) in [6, 6.07) is 8.41. The maximum atomic E-state index is 11.2. The van der Waals surface area contributed by atoms with Crippen molar-refractivity contribution in [3.8, 4) is 0 Å². The van der Waals surface area contributed by atoms with Crippen molar-refractivity contribution in [2.24, 2.45) is 0 Å². The van der Waals surface area contributed by atoms with Gasteiger partial charge in [0.05, 0.1) is 5.92 Å². The lowest BCUT2D eigenvalue weighted by Crippen LogP contribution is -2.23. The van der Waals surface area contributed by atoms with Gasteiger partial charge >= 0.3 is 5.97 Å². The van der Waals surface area contributed by atoms with Crippen LogP contribution in [0.25, 0.3) is 0 Å². The van der Waals surface area contributed by atoms with E-state index in [0.29, 0.717) is 12.5 Å². The minimum Gasteiger partial charge on any atom is -0.481 e. The first-order valence-corrected chi connectivity index (χ1v) is 6.57. The standard InChI is InChI=1S/C15H23NO2/c1-4-5-14(15(17)18)13-8-6-12(7-9-13)10-11(2)16-3/h6-9,11,14,16H,4-5,10H2,1-3H3,(H,17,18). The molecular formula is C15H23NO2. The Morgan fingerprint density at radius 1 is 1.33 bits per heavy atom. The van der Waals surface area contributed by atoms with Gasteiger partial charge in [0.15, 0.2) is 0 Å². The number of rotatable bonds is 7. The minimum absolute atomic E-state index is 0.370. The fraction of sp³-hybridized carbons (Fsp3) is 0.533. The zero-order valence-corrected chi connectivity index (χ0v) is 11.4. The molecule has 0 spiro atoms. The third kappa shape index (κ3) is 4.15. The SMILES string of the molecule is CCCC(C(=O)O)c1ccc(CC(C)NC)cc1. The number of carboxylic acids is 1. The molecule has 1 aromatic rings. The average molecular weight is 249 g/mol. The highest BCUT2D eigenvalue weighted by atomic mass is 16.4. The zero-order valence-electron chi connectivity index (χ0n) is 11.4. The number of hydrogen-bond acceptors (Lipinski definition) is 2. The van der Waals surface area contributed by atoms with Crippen molar-refractivity contribution in [2.45, 2.75) is 45.1 Å². The highest BCUT2D eigenvalue weighted by Crippen LogP contribution is 2.22. The summed E-state index contributed by atoms with van der Waals surface area (Å²) in [7, 11) is 1.95. The number of nitrogens with one attached hydrogen (secondary N) is 1. The predicted molar refractivity (Wildman–Crippen MR) is 74.0 cm³/mol. The van der Waals surface area contributed by atoms with Crippen LogP contribution in [-0.2, 0) is 11.2 Å². The first-order valence-electron chi connectivity index (χ1n) is 6.57. The summed E-state index contributed by atoms with van der Waals surface area (Å²) < 4.78 is 0. The lowest BCUT2D eigenvalue weighted by atomic mass is 9.93. The monoisotopic (exact) mass is 249 g/mol. The molecule has 1 rings (SSSR count). The molecule has 0 saturated heterocycles. The van der Waals surface area contributed by atoms with E-state index in [9.17, 15) is 9.90 Å². The molecule has 0 aromatic heterocycles. The van der Waals surface area contributed by atoms with E-state index < -0.39 is 5.97 Å². The van der Waals surface area contributed by atoms with Gasteiger partial charge in [0.25, 0.3) is 0 Å². The maximum absolute atomic E-state index is 11.2. The molecule has 0 saturated carbocycles. The Morgan fingerprint density at radius 3 is 2.39 bits per heavy atom. The Kier molecular flexibility index (Phi) is 5.86. The molecule has 100 valence electrons. The van der Waals surface area contributed by atoms with Crippen molar-refractivity contribution in [1.82, 2.24) is 5.32 Å². The molecule has 0 amide bonds. The molecule has 0 bridgehead atoms. The van der Waals surface area contributed by atoms with Crippen molar-refractivity contribution >= 4 is 5.97 Å². The third-order valence-corrected chi connectivity index (χ3v) is 3.29. The Labute approximate surface area is 109 Å². The molecule has 0 fully saturated rings. The van der Waals surface area contributed by atoms with Crippen LogP contribution in [0.4, 0.5) is 0 Å². The highest BCUT2D eigenvalue weighted by molar-refractivity contribution is 5.76. The summed E-state index contributed by atoms with van der Waals surface area (Å²) in [5.41, 5.74) is 2.14. The number of benzene rings is 1. The van der Waals surface area contributed by atoms with E-state index in [2.05, 4.69) is 12.2 Å². The Hall–Kier alpha value is -1.35. The largest absolute Gasteiger partial charge is 0.481 e. The van der Waals surface area contributed by atoms with E-state index >= 15 is 0 Å². The summed E-state index contributed by atoms with van der Waals surface area (Å²) in [5, 5.41) is 12.4. The summed E-state index contributed by atoms with van der Waals surface area (Å²) in [4.78, 5) is 11.2. The number of carboxylic acid groups (broad SMARTS) is 1. The van der Waals surface area contributed by atoms with E-state index in [4.69, 9.17) is 0 Å². The lowest BCUT2D eigenvalue weighted by Gasteiger charge is -2.14. The Morgan fingerprint density at radius 2 is 1.94 bits per heavy atom. The molecule has 2 atom stereocenters. The molecule has 3 nitrogen and oxygen atoms in total. The Balaban J connectivity index is 2.77. The summed E-state index contributed by atoms with van der Waals surface area (Å²) in [5.74, 6) is -1.10. The molecule has 1 aromatic carbocycles. The van der Waals surface area contributed by atoms with Gasteiger partial charge in [0, 0.05) is 6.04 Å². The molecule has 0 aliphatic rings. The van der Waals surface area contributed by atoms with Gasteiger partial charge in [-0.3, -0.25) is 4.79 Å². The second kappa shape index (κ2) is 7.17. The van der Waals surface area contributed by atoms with Crippen LogP contribution in [0, 0.1) is 0 Å². The van der Waals surface area contributed by atoms with Crippen molar-refractivity contribution in [2.75, 3.05) is 7.05 Å². The van der Waals surface area contributed by atoms with Crippen molar-refractivity contribution in [3.63, 3.8) is 0 Å². The fourth-order valence-electron chi connectivity index (χ4n) is 2.06. The molecule has 2 N–H and O–H groups in total. The van der Waals surface area contributed by atoms with E-state index in [1.165, 1.54) is 5.56 Å². The topological polar surface area (TPSA) is 49.3 Å². The summed E-state index contributed by atoms with van der Waals surface area (Å²) in [6.45, 7) is 4.14. The molecule has 0 radical (unpaired) electrons. The van der Waals surface area contributed by atoms with Crippen LogP contribution in [-0.4, -0.2) is 24.2 Å². The third-order valence-electron chi connectivity index (χ3n) is 3.29. The van der Waals surface area contributed by atoms with Crippen LogP contribution < -0.4 is 5.32 Å². The van der Waals surface area contributed by atoms with Gasteiger partial charge in [-0.25, -0.2) is 0 Å². The molecular weight excluding hydrogens is 226 g/mol. The quantitative estimate of drug-likeness (QED) is 0.781. The van der Waals surface area contributed by atoms with Gasteiger partial charge < -0.3 is 10.4 Å². The van der Waals surface area contributed by atoms with Crippen LogP contribution in [0.1, 0.15) is 43.7 Å². The van der Waals surface area contributed by atoms with Crippen LogP contribution in [0.3, 0.4) is 0 Å². The summed E-state index contributed by atoms with van der Waals surface area (Å²) >= 11 is 0. The second-order valence-electron chi connectivity index (χ2n) is 4.81. The normalized spacial score (nSPS) is 14.2. The van der Waals surface area contributed by atoms with Gasteiger partial charge in [0.1, 0.15) is 0 Å². The molecule has 0 aliphatic heterocycles. The van der Waals surface area contributed by atoms with Gasteiger partial charge in [-0.15, -0.1) is 0 Å². The first kappa shape index (κ1) is 14.7. The van der Waals surface area contributed by atoms with Crippen molar-refractivity contribution in [3.05, 3.63) is 35.4 Å². The fourth-order valence-corrected chi connectivity index (χ4v) is 2.06. The van der Waals surface area contributed by atoms with Crippen LogP contribution >= 0.6 is 0 Å². The number of hydrogen-bond donors (Lipinski definition) is 2. The lowest BCUT2D eigenvalue weighted by molar-refractivity contribution is -0.139. The second-order valence-corrected chi connectivity index (χ2v) is 4.81. The van der Waals surface area contributed by atoms with E-state index in [-0.39, 0.29) is 5.92 Å². The predicted octanol–water partition coefficient (Wildman–Crippen LogP) is 2.81.